The molecule has 0 amide bonds. The molecule has 0 atom stereocenters. The van der Waals surface area contributed by atoms with Crippen LogP contribution in [0.1, 0.15) is 48.4 Å². The Labute approximate surface area is 275 Å². The molecule has 11 heteroatoms. The summed E-state index contributed by atoms with van der Waals surface area (Å²) in [5, 5.41) is 0. The van der Waals surface area contributed by atoms with E-state index in [1.165, 1.54) is 36.4 Å². The number of rotatable bonds is 11. The van der Waals surface area contributed by atoms with Crippen molar-refractivity contribution in [3.8, 4) is 28.0 Å². The van der Waals surface area contributed by atoms with Gasteiger partial charge in [0.15, 0.2) is 29.1 Å². The molecule has 254 valence electrons. The molecule has 0 bridgehead atoms. The zero-order valence-electron chi connectivity index (χ0n) is 25.7. The van der Waals surface area contributed by atoms with E-state index in [4.69, 9.17) is 0 Å². The fourth-order valence-corrected chi connectivity index (χ4v) is 5.16. The highest BCUT2D eigenvalue weighted by Crippen LogP contribution is 2.38. The summed E-state index contributed by atoms with van der Waals surface area (Å²) in [6.45, 7) is 2.03. The summed E-state index contributed by atoms with van der Waals surface area (Å²) in [5.74, 6) is -13.6. The molecule has 0 aliphatic rings. The number of ether oxygens (including phenoxy) is 1. The molecular formula is C38H26F10O. The van der Waals surface area contributed by atoms with E-state index < -0.39 is 75.1 Å². The van der Waals surface area contributed by atoms with Crippen molar-refractivity contribution < 1.29 is 48.6 Å². The molecule has 5 aromatic carbocycles. The summed E-state index contributed by atoms with van der Waals surface area (Å²) >= 11 is 0. The van der Waals surface area contributed by atoms with Crippen LogP contribution in [0.2, 0.25) is 0 Å². The van der Waals surface area contributed by atoms with E-state index in [9.17, 15) is 35.1 Å². The van der Waals surface area contributed by atoms with Crippen molar-refractivity contribution in [1.29, 1.82) is 0 Å². The Hall–Kier alpha value is -5.06. The molecule has 0 spiro atoms. The zero-order valence-corrected chi connectivity index (χ0v) is 25.7. The lowest BCUT2D eigenvalue weighted by atomic mass is 9.98. The van der Waals surface area contributed by atoms with Crippen LogP contribution in [0.25, 0.3) is 33.9 Å². The fraction of sp³-hybridized carbons (Fsp3) is 0.158. The van der Waals surface area contributed by atoms with Crippen molar-refractivity contribution in [3.05, 3.63) is 148 Å². The third-order valence-electron chi connectivity index (χ3n) is 7.77. The second kappa shape index (κ2) is 14.6. The second-order valence-electron chi connectivity index (χ2n) is 11.2. The van der Waals surface area contributed by atoms with Crippen LogP contribution >= 0.6 is 0 Å². The lowest BCUT2D eigenvalue weighted by Crippen LogP contribution is -2.22. The van der Waals surface area contributed by atoms with Gasteiger partial charge in [-0.15, -0.1) is 0 Å². The summed E-state index contributed by atoms with van der Waals surface area (Å²) in [7, 11) is 0. The number of alkyl halides is 2. The van der Waals surface area contributed by atoms with Crippen LogP contribution in [-0.4, -0.2) is 0 Å². The van der Waals surface area contributed by atoms with Crippen LogP contribution in [0.5, 0.6) is 5.75 Å². The van der Waals surface area contributed by atoms with E-state index in [2.05, 4.69) is 4.74 Å². The number of halogens is 10. The number of benzene rings is 5. The summed E-state index contributed by atoms with van der Waals surface area (Å²) in [6.07, 6.45) is -0.438. The Morgan fingerprint density at radius 1 is 0.592 bits per heavy atom. The third kappa shape index (κ3) is 7.82. The number of hydrogen-bond donors (Lipinski definition) is 0. The van der Waals surface area contributed by atoms with Gasteiger partial charge in [-0.05, 0) is 65.4 Å². The molecule has 0 aromatic heterocycles. The minimum absolute atomic E-state index is 0.216. The predicted molar refractivity (Wildman–Crippen MR) is 167 cm³/mol. The normalized spacial score (nSPS) is 12.2. The highest BCUT2D eigenvalue weighted by atomic mass is 19.3. The molecule has 0 heterocycles. The van der Waals surface area contributed by atoms with Gasteiger partial charge in [-0.3, -0.25) is 0 Å². The van der Waals surface area contributed by atoms with Gasteiger partial charge in [0.25, 0.3) is 0 Å². The van der Waals surface area contributed by atoms with E-state index in [-0.39, 0.29) is 22.3 Å². The van der Waals surface area contributed by atoms with Crippen molar-refractivity contribution >= 4 is 11.7 Å². The standard InChI is InChI=1S/C38H26F10O/c1-2-3-4-5-21-6-13-26(14-7-21)38(47,48)49-27-19-30(40)34(31(41)20-27)37(46)35(44)23-10-8-22(9-11-23)24-12-15-28(29(39)16-24)25-17-32(42)36(45)33(43)18-25/h6-20H,2-5H2,1H3. The highest BCUT2D eigenvalue weighted by molar-refractivity contribution is 5.84. The molecule has 5 rings (SSSR count). The van der Waals surface area contributed by atoms with Crippen LogP contribution in [0.4, 0.5) is 43.9 Å². The summed E-state index contributed by atoms with van der Waals surface area (Å²) in [5.41, 5.74) is -1.64. The zero-order chi connectivity index (χ0) is 35.5. The third-order valence-corrected chi connectivity index (χ3v) is 7.77. The average Bonchev–Trinajstić information content (AvgIpc) is 3.06. The van der Waals surface area contributed by atoms with Crippen molar-refractivity contribution in [3.63, 3.8) is 0 Å². The Balaban J connectivity index is 1.33. The topological polar surface area (TPSA) is 9.23 Å². The molecule has 0 aliphatic carbocycles. The first-order chi connectivity index (χ1) is 23.3. The van der Waals surface area contributed by atoms with Crippen LogP contribution in [0.15, 0.2) is 91.0 Å². The molecular weight excluding hydrogens is 662 g/mol. The first kappa shape index (κ1) is 35.3. The van der Waals surface area contributed by atoms with E-state index in [0.29, 0.717) is 30.7 Å². The Morgan fingerprint density at radius 2 is 1.16 bits per heavy atom. The smallest absolute Gasteiger partial charge is 0.426 e. The van der Waals surface area contributed by atoms with Crippen LogP contribution in [0.3, 0.4) is 0 Å². The van der Waals surface area contributed by atoms with Gasteiger partial charge >= 0.3 is 6.11 Å². The van der Waals surface area contributed by atoms with E-state index >= 15 is 8.78 Å². The Morgan fingerprint density at radius 3 is 1.73 bits per heavy atom. The quantitative estimate of drug-likeness (QED) is 0.0581. The van der Waals surface area contributed by atoms with Crippen molar-refractivity contribution in [2.45, 2.75) is 38.7 Å². The molecule has 5 aromatic rings. The highest BCUT2D eigenvalue weighted by Gasteiger charge is 2.35. The molecule has 0 radical (unpaired) electrons. The maximum Gasteiger partial charge on any atom is 0.426 e. The Bertz CT molecular complexity index is 1960. The minimum Gasteiger partial charge on any atom is -0.429 e. The average molecular weight is 689 g/mol. The van der Waals surface area contributed by atoms with Gasteiger partial charge < -0.3 is 4.74 Å². The van der Waals surface area contributed by atoms with E-state index in [0.717, 1.165) is 55.2 Å². The lowest BCUT2D eigenvalue weighted by Gasteiger charge is -2.19. The number of hydrogen-bond acceptors (Lipinski definition) is 1. The lowest BCUT2D eigenvalue weighted by molar-refractivity contribution is -0.185. The summed E-state index contributed by atoms with van der Waals surface area (Å²) < 4.78 is 149. The predicted octanol–water partition coefficient (Wildman–Crippen LogP) is 12.5. The minimum atomic E-state index is -4.00. The monoisotopic (exact) mass is 688 g/mol. The first-order valence-corrected chi connectivity index (χ1v) is 15.0. The van der Waals surface area contributed by atoms with Gasteiger partial charge in [-0.2, -0.15) is 8.78 Å². The van der Waals surface area contributed by atoms with Crippen LogP contribution in [-0.2, 0) is 12.5 Å². The van der Waals surface area contributed by atoms with Crippen LogP contribution < -0.4 is 4.74 Å². The van der Waals surface area contributed by atoms with E-state index in [1.54, 1.807) is 0 Å². The van der Waals surface area contributed by atoms with E-state index in [1.807, 2.05) is 6.92 Å². The van der Waals surface area contributed by atoms with Crippen molar-refractivity contribution in [1.82, 2.24) is 0 Å². The summed E-state index contributed by atoms with van der Waals surface area (Å²) in [4.78, 5) is 0. The maximum atomic E-state index is 15.1. The molecule has 0 saturated carbocycles. The molecule has 0 unspecified atom stereocenters. The van der Waals surface area contributed by atoms with Crippen LogP contribution in [0, 0.1) is 34.9 Å². The van der Waals surface area contributed by atoms with Gasteiger partial charge in [0.2, 0.25) is 0 Å². The number of unbranched alkanes of at least 4 members (excludes halogenated alkanes) is 2. The maximum absolute atomic E-state index is 15.1. The van der Waals surface area contributed by atoms with Gasteiger partial charge in [0, 0.05) is 23.3 Å². The van der Waals surface area contributed by atoms with Crippen molar-refractivity contribution in [2.24, 2.45) is 0 Å². The van der Waals surface area contributed by atoms with Gasteiger partial charge in [-0.25, -0.2) is 35.1 Å². The number of aryl methyl sites for hydroxylation is 1. The van der Waals surface area contributed by atoms with Gasteiger partial charge in [0.05, 0.1) is 11.1 Å². The molecule has 1 nitrogen and oxygen atoms in total. The molecule has 49 heavy (non-hydrogen) atoms. The van der Waals surface area contributed by atoms with Gasteiger partial charge in [-0.1, -0.05) is 68.3 Å². The van der Waals surface area contributed by atoms with Crippen molar-refractivity contribution in [2.75, 3.05) is 0 Å². The largest absolute Gasteiger partial charge is 0.429 e. The Kier molecular flexibility index (Phi) is 10.5. The molecule has 0 aliphatic heterocycles. The fourth-order valence-electron chi connectivity index (χ4n) is 5.16. The molecule has 0 N–H and O–H groups in total. The molecule has 0 fully saturated rings. The summed E-state index contributed by atoms with van der Waals surface area (Å²) in [6, 6.07) is 15.3. The van der Waals surface area contributed by atoms with Gasteiger partial charge in [0.1, 0.15) is 23.2 Å². The molecule has 0 saturated heterocycles. The first-order valence-electron chi connectivity index (χ1n) is 15.0. The second-order valence-corrected chi connectivity index (χ2v) is 11.2. The SMILES string of the molecule is CCCCCc1ccc(C(F)(F)Oc2cc(F)c(C(F)=C(F)c3ccc(-c4ccc(-c5cc(F)c(F)c(F)c5)c(F)c4)cc3)c(F)c2)cc1.